The number of sulfonamides is 1. The van der Waals surface area contributed by atoms with Gasteiger partial charge in [0.15, 0.2) is 0 Å². The number of nitrogens with zero attached hydrogens (tertiary/aromatic N) is 2. The third-order valence-electron chi connectivity index (χ3n) is 4.24. The van der Waals surface area contributed by atoms with Crippen LogP contribution >= 0.6 is 11.6 Å². The summed E-state index contributed by atoms with van der Waals surface area (Å²) in [6, 6.07) is 20.4. The van der Waals surface area contributed by atoms with Crippen molar-refractivity contribution in [1.82, 2.24) is 10.2 Å². The van der Waals surface area contributed by atoms with Crippen molar-refractivity contribution in [2.45, 2.75) is 4.90 Å². The van der Waals surface area contributed by atoms with Crippen LogP contribution in [0.15, 0.2) is 82.1 Å². The van der Waals surface area contributed by atoms with Crippen LogP contribution in [0.4, 0.5) is 5.69 Å². The predicted octanol–water partition coefficient (Wildman–Crippen LogP) is 4.87. The van der Waals surface area contributed by atoms with Crippen LogP contribution in [0.2, 0.25) is 5.02 Å². The molecule has 4 aromatic rings. The van der Waals surface area contributed by atoms with Crippen LogP contribution in [0, 0.1) is 0 Å². The fraction of sp³-hybridized carbons (Fsp3) is 0.0476. The molecule has 0 aliphatic carbocycles. The van der Waals surface area contributed by atoms with E-state index in [2.05, 4.69) is 14.9 Å². The van der Waals surface area contributed by atoms with Crippen LogP contribution < -0.4 is 9.46 Å². The Morgan fingerprint density at radius 1 is 0.900 bits per heavy atom. The standard InChI is InChI=1S/C21H16ClN3O4S/c1-28-18-12-9-16(22)13-19(18)30(26,27)25-17-10-7-15(8-11-17)21-24-23-20(29-21)14-5-3-2-4-6-14/h2-13,25H,1H3. The summed E-state index contributed by atoms with van der Waals surface area (Å²) in [5.41, 5.74) is 1.84. The summed E-state index contributed by atoms with van der Waals surface area (Å²) in [4.78, 5) is -0.0500. The summed E-state index contributed by atoms with van der Waals surface area (Å²) in [5, 5.41) is 8.41. The molecule has 0 spiro atoms. The van der Waals surface area contributed by atoms with Crippen LogP contribution in [0.1, 0.15) is 0 Å². The van der Waals surface area contributed by atoms with E-state index in [1.807, 2.05) is 30.3 Å². The molecular formula is C21H16ClN3O4S. The minimum absolute atomic E-state index is 0.0500. The smallest absolute Gasteiger partial charge is 0.265 e. The Bertz CT molecular complexity index is 1270. The summed E-state index contributed by atoms with van der Waals surface area (Å²) >= 11 is 5.95. The Labute approximate surface area is 178 Å². The Kier molecular flexibility index (Phi) is 5.43. The third-order valence-corrected chi connectivity index (χ3v) is 5.88. The molecule has 0 radical (unpaired) electrons. The van der Waals surface area contributed by atoms with Crippen molar-refractivity contribution in [3.8, 4) is 28.7 Å². The summed E-state index contributed by atoms with van der Waals surface area (Å²) in [5.74, 6) is 0.936. The maximum absolute atomic E-state index is 12.8. The van der Waals surface area contributed by atoms with Gasteiger partial charge in [-0.2, -0.15) is 0 Å². The molecule has 1 heterocycles. The molecule has 0 saturated heterocycles. The molecule has 0 aliphatic heterocycles. The SMILES string of the molecule is COc1ccc(Cl)cc1S(=O)(=O)Nc1ccc(-c2nnc(-c3ccccc3)o2)cc1. The zero-order valence-electron chi connectivity index (χ0n) is 15.7. The maximum Gasteiger partial charge on any atom is 0.265 e. The molecule has 0 atom stereocenters. The van der Waals surface area contributed by atoms with Gasteiger partial charge < -0.3 is 9.15 Å². The van der Waals surface area contributed by atoms with Crippen molar-refractivity contribution >= 4 is 27.3 Å². The molecule has 0 bridgehead atoms. The number of aromatic nitrogens is 2. The quantitative estimate of drug-likeness (QED) is 0.459. The highest BCUT2D eigenvalue weighted by atomic mass is 35.5. The number of methoxy groups -OCH3 is 1. The van der Waals surface area contributed by atoms with E-state index in [4.69, 9.17) is 20.8 Å². The van der Waals surface area contributed by atoms with Gasteiger partial charge >= 0.3 is 0 Å². The van der Waals surface area contributed by atoms with E-state index in [1.165, 1.54) is 19.2 Å². The number of anilines is 1. The van der Waals surface area contributed by atoms with Gasteiger partial charge in [0.2, 0.25) is 11.8 Å². The zero-order chi connectivity index (χ0) is 21.1. The zero-order valence-corrected chi connectivity index (χ0v) is 17.3. The fourth-order valence-corrected chi connectivity index (χ4v) is 4.28. The second-order valence-electron chi connectivity index (χ2n) is 6.26. The molecule has 0 aliphatic rings. The van der Waals surface area contributed by atoms with Crippen molar-refractivity contribution in [1.29, 1.82) is 0 Å². The molecule has 9 heteroatoms. The van der Waals surface area contributed by atoms with Gasteiger partial charge in [-0.25, -0.2) is 8.42 Å². The number of halogens is 1. The molecule has 1 N–H and O–H groups in total. The molecule has 4 rings (SSSR count). The summed E-state index contributed by atoms with van der Waals surface area (Å²) in [7, 11) is -2.50. The van der Waals surface area contributed by atoms with Gasteiger partial charge in [0.1, 0.15) is 10.6 Å². The summed E-state index contributed by atoms with van der Waals surface area (Å²) < 4.78 is 38.9. The van der Waals surface area contributed by atoms with E-state index in [-0.39, 0.29) is 15.7 Å². The number of ether oxygens (including phenoxy) is 1. The normalized spacial score (nSPS) is 11.3. The highest BCUT2D eigenvalue weighted by Crippen LogP contribution is 2.30. The molecule has 1 aromatic heterocycles. The highest BCUT2D eigenvalue weighted by Gasteiger charge is 2.20. The molecule has 30 heavy (non-hydrogen) atoms. The Hall–Kier alpha value is -3.36. The first-order valence-corrected chi connectivity index (χ1v) is 10.7. The van der Waals surface area contributed by atoms with Crippen LogP contribution in [0.5, 0.6) is 5.75 Å². The lowest BCUT2D eigenvalue weighted by molar-refractivity contribution is 0.403. The van der Waals surface area contributed by atoms with E-state index in [0.717, 1.165) is 5.56 Å². The second-order valence-corrected chi connectivity index (χ2v) is 8.34. The van der Waals surface area contributed by atoms with Gasteiger partial charge in [0.05, 0.1) is 7.11 Å². The lowest BCUT2D eigenvalue weighted by Gasteiger charge is -2.12. The van der Waals surface area contributed by atoms with E-state index in [9.17, 15) is 8.42 Å². The molecule has 7 nitrogen and oxygen atoms in total. The lowest BCUT2D eigenvalue weighted by atomic mass is 10.2. The van der Waals surface area contributed by atoms with Gasteiger partial charge in [-0.3, -0.25) is 4.72 Å². The van der Waals surface area contributed by atoms with Crippen molar-refractivity contribution < 1.29 is 17.6 Å². The summed E-state index contributed by atoms with van der Waals surface area (Å²) in [6.07, 6.45) is 0. The van der Waals surface area contributed by atoms with Gasteiger partial charge in [-0.1, -0.05) is 29.8 Å². The van der Waals surface area contributed by atoms with E-state index in [0.29, 0.717) is 23.0 Å². The van der Waals surface area contributed by atoms with Gasteiger partial charge in [0.25, 0.3) is 10.0 Å². The van der Waals surface area contributed by atoms with Gasteiger partial charge in [-0.05, 0) is 54.6 Å². The number of benzene rings is 3. The van der Waals surface area contributed by atoms with Crippen molar-refractivity contribution in [2.24, 2.45) is 0 Å². The third kappa shape index (κ3) is 4.14. The minimum Gasteiger partial charge on any atom is -0.495 e. The maximum atomic E-state index is 12.8. The topological polar surface area (TPSA) is 94.3 Å². The number of rotatable bonds is 6. The molecule has 0 fully saturated rings. The molecule has 152 valence electrons. The first-order chi connectivity index (χ1) is 14.5. The van der Waals surface area contributed by atoms with E-state index in [1.54, 1.807) is 30.3 Å². The molecule has 3 aromatic carbocycles. The molecule has 0 unspecified atom stereocenters. The van der Waals surface area contributed by atoms with Gasteiger partial charge in [0, 0.05) is 21.8 Å². The van der Waals surface area contributed by atoms with Crippen molar-refractivity contribution in [3.05, 3.63) is 77.8 Å². The average molecular weight is 442 g/mol. The largest absolute Gasteiger partial charge is 0.495 e. The van der Waals surface area contributed by atoms with Crippen LogP contribution in [-0.2, 0) is 10.0 Å². The average Bonchev–Trinajstić information content (AvgIpc) is 3.25. The van der Waals surface area contributed by atoms with Crippen molar-refractivity contribution in [3.63, 3.8) is 0 Å². The second kappa shape index (κ2) is 8.17. The van der Waals surface area contributed by atoms with Crippen LogP contribution in [-0.4, -0.2) is 25.7 Å². The number of nitrogens with one attached hydrogen (secondary N) is 1. The lowest BCUT2D eigenvalue weighted by Crippen LogP contribution is -2.14. The number of hydrogen-bond donors (Lipinski definition) is 1. The van der Waals surface area contributed by atoms with E-state index >= 15 is 0 Å². The number of hydrogen-bond acceptors (Lipinski definition) is 6. The molecule has 0 saturated carbocycles. The first-order valence-electron chi connectivity index (χ1n) is 8.82. The first kappa shape index (κ1) is 19.9. The monoisotopic (exact) mass is 441 g/mol. The van der Waals surface area contributed by atoms with E-state index < -0.39 is 10.0 Å². The fourth-order valence-electron chi connectivity index (χ4n) is 2.79. The highest BCUT2D eigenvalue weighted by molar-refractivity contribution is 7.92. The van der Waals surface area contributed by atoms with Gasteiger partial charge in [-0.15, -0.1) is 10.2 Å². The predicted molar refractivity (Wildman–Crippen MR) is 114 cm³/mol. The molecular weight excluding hydrogens is 426 g/mol. The Morgan fingerprint density at radius 3 is 2.17 bits per heavy atom. The van der Waals surface area contributed by atoms with Crippen LogP contribution in [0.25, 0.3) is 22.9 Å². The Morgan fingerprint density at radius 2 is 1.53 bits per heavy atom. The van der Waals surface area contributed by atoms with Crippen molar-refractivity contribution in [2.75, 3.05) is 11.8 Å². The minimum atomic E-state index is -3.90. The van der Waals surface area contributed by atoms with Crippen LogP contribution in [0.3, 0.4) is 0 Å². The Balaban J connectivity index is 1.56. The molecule has 0 amide bonds. The summed E-state index contributed by atoms with van der Waals surface area (Å²) in [6.45, 7) is 0.